The first-order valence-electron chi connectivity index (χ1n) is 2.83. The van der Waals surface area contributed by atoms with Gasteiger partial charge in [-0.3, -0.25) is 9.63 Å². The van der Waals surface area contributed by atoms with Crippen molar-refractivity contribution in [2.75, 3.05) is 14.2 Å². The van der Waals surface area contributed by atoms with Crippen molar-refractivity contribution in [3.05, 3.63) is 11.8 Å². The number of hydrogen-bond acceptors (Lipinski definition) is 3. The fraction of sp³-hybridized carbons (Fsp3) is 0.500. The minimum atomic E-state index is -0.262. The van der Waals surface area contributed by atoms with E-state index in [1.54, 1.807) is 6.92 Å². The number of rotatable bonds is 2. The zero-order chi connectivity index (χ0) is 8.15. The van der Waals surface area contributed by atoms with Crippen LogP contribution in [0.15, 0.2) is 11.8 Å². The van der Waals surface area contributed by atoms with Crippen LogP contribution < -0.4 is 5.73 Å². The lowest BCUT2D eigenvalue weighted by Gasteiger charge is -2.10. The molecule has 58 valence electrons. The van der Waals surface area contributed by atoms with E-state index in [2.05, 4.69) is 4.84 Å². The highest BCUT2D eigenvalue weighted by Crippen LogP contribution is 1.88. The van der Waals surface area contributed by atoms with E-state index in [1.807, 2.05) is 0 Å². The summed E-state index contributed by atoms with van der Waals surface area (Å²) >= 11 is 0. The van der Waals surface area contributed by atoms with Crippen LogP contribution in [0.5, 0.6) is 0 Å². The maximum Gasteiger partial charge on any atom is 0.271 e. The smallest absolute Gasteiger partial charge is 0.271 e. The number of nitrogens with zero attached hydrogens (tertiary/aromatic N) is 1. The summed E-state index contributed by atoms with van der Waals surface area (Å²) < 4.78 is 0. The number of likely N-dealkylation sites (N-methyl/N-ethyl adjacent to an activating group) is 1. The molecule has 0 saturated heterocycles. The van der Waals surface area contributed by atoms with Gasteiger partial charge in [-0.1, -0.05) is 0 Å². The second-order valence-electron chi connectivity index (χ2n) is 1.91. The van der Waals surface area contributed by atoms with E-state index >= 15 is 0 Å². The SMILES string of the molecule is CON(C)C(=O)C=C(C)N. The third-order valence-corrected chi connectivity index (χ3v) is 0.935. The Morgan fingerprint density at radius 3 is 2.50 bits per heavy atom. The van der Waals surface area contributed by atoms with E-state index < -0.39 is 0 Å². The van der Waals surface area contributed by atoms with E-state index in [1.165, 1.54) is 20.2 Å². The molecule has 0 radical (unpaired) electrons. The minimum absolute atomic E-state index is 0.262. The van der Waals surface area contributed by atoms with Gasteiger partial charge in [0.1, 0.15) is 0 Å². The van der Waals surface area contributed by atoms with Crippen LogP contribution in [-0.2, 0) is 9.63 Å². The highest BCUT2D eigenvalue weighted by molar-refractivity contribution is 5.86. The molecule has 0 unspecified atom stereocenters. The summed E-state index contributed by atoms with van der Waals surface area (Å²) in [5, 5.41) is 1.09. The molecule has 0 spiro atoms. The molecule has 1 amide bonds. The standard InChI is InChI=1S/C6H12N2O2/c1-5(7)4-6(9)8(2)10-3/h4H,7H2,1-3H3. The monoisotopic (exact) mass is 144 g/mol. The molecule has 10 heavy (non-hydrogen) atoms. The van der Waals surface area contributed by atoms with Gasteiger partial charge in [0.2, 0.25) is 0 Å². The van der Waals surface area contributed by atoms with Crippen LogP contribution >= 0.6 is 0 Å². The fourth-order valence-corrected chi connectivity index (χ4v) is 0.376. The minimum Gasteiger partial charge on any atom is -0.402 e. The Kier molecular flexibility index (Phi) is 3.49. The van der Waals surface area contributed by atoms with Crippen LogP contribution in [-0.4, -0.2) is 25.1 Å². The van der Waals surface area contributed by atoms with Crippen molar-refractivity contribution in [1.82, 2.24) is 5.06 Å². The fourth-order valence-electron chi connectivity index (χ4n) is 0.376. The first-order chi connectivity index (χ1) is 4.57. The summed E-state index contributed by atoms with van der Waals surface area (Å²) in [6.07, 6.45) is 1.30. The molecule has 4 nitrogen and oxygen atoms in total. The van der Waals surface area contributed by atoms with Gasteiger partial charge in [-0.15, -0.1) is 0 Å². The Bertz CT molecular complexity index is 150. The van der Waals surface area contributed by atoms with E-state index in [0.29, 0.717) is 5.70 Å². The number of hydroxylamine groups is 2. The molecule has 0 heterocycles. The molecule has 0 aromatic heterocycles. The van der Waals surface area contributed by atoms with Crippen molar-refractivity contribution >= 4 is 5.91 Å². The normalized spacial score (nSPS) is 11.3. The van der Waals surface area contributed by atoms with Gasteiger partial charge >= 0.3 is 0 Å². The second-order valence-corrected chi connectivity index (χ2v) is 1.91. The van der Waals surface area contributed by atoms with E-state index in [-0.39, 0.29) is 5.91 Å². The Balaban J connectivity index is 3.97. The lowest BCUT2D eigenvalue weighted by Crippen LogP contribution is -2.24. The molecule has 0 aliphatic carbocycles. The van der Waals surface area contributed by atoms with E-state index in [9.17, 15) is 4.79 Å². The number of carbonyl (C=O) groups excluding carboxylic acids is 1. The Hall–Kier alpha value is -1.03. The summed E-state index contributed by atoms with van der Waals surface area (Å²) in [5.41, 5.74) is 5.71. The lowest BCUT2D eigenvalue weighted by molar-refractivity contribution is -0.162. The molecule has 0 fully saturated rings. The Morgan fingerprint density at radius 2 is 2.20 bits per heavy atom. The third-order valence-electron chi connectivity index (χ3n) is 0.935. The van der Waals surface area contributed by atoms with Crippen LogP contribution in [0, 0.1) is 0 Å². The largest absolute Gasteiger partial charge is 0.402 e. The predicted molar refractivity (Wildman–Crippen MR) is 37.7 cm³/mol. The van der Waals surface area contributed by atoms with E-state index in [0.717, 1.165) is 5.06 Å². The molecule has 0 bridgehead atoms. The number of carbonyl (C=O) groups is 1. The van der Waals surface area contributed by atoms with Gasteiger partial charge in [0.15, 0.2) is 0 Å². The maximum atomic E-state index is 10.8. The molecule has 0 rings (SSSR count). The van der Waals surface area contributed by atoms with Crippen molar-refractivity contribution in [1.29, 1.82) is 0 Å². The quantitative estimate of drug-likeness (QED) is 0.434. The summed E-state index contributed by atoms with van der Waals surface area (Å²) in [7, 11) is 2.93. The Morgan fingerprint density at radius 1 is 1.70 bits per heavy atom. The van der Waals surface area contributed by atoms with Crippen molar-refractivity contribution < 1.29 is 9.63 Å². The predicted octanol–water partition coefficient (Wildman–Crippen LogP) is -0.131. The summed E-state index contributed by atoms with van der Waals surface area (Å²) in [6.45, 7) is 1.64. The van der Waals surface area contributed by atoms with Gasteiger partial charge in [0, 0.05) is 18.8 Å². The van der Waals surface area contributed by atoms with Crippen LogP contribution in [0.25, 0.3) is 0 Å². The topological polar surface area (TPSA) is 55.6 Å². The van der Waals surface area contributed by atoms with Crippen molar-refractivity contribution in [3.8, 4) is 0 Å². The van der Waals surface area contributed by atoms with Crippen molar-refractivity contribution in [2.24, 2.45) is 5.73 Å². The van der Waals surface area contributed by atoms with Crippen LogP contribution in [0.3, 0.4) is 0 Å². The molecule has 0 atom stereocenters. The third kappa shape index (κ3) is 3.09. The average Bonchev–Trinajstić information content (AvgIpc) is 1.85. The van der Waals surface area contributed by atoms with Crippen molar-refractivity contribution in [3.63, 3.8) is 0 Å². The molecule has 0 aromatic rings. The summed E-state index contributed by atoms with van der Waals surface area (Å²) in [5.74, 6) is -0.262. The molecule has 0 saturated carbocycles. The van der Waals surface area contributed by atoms with Gasteiger partial charge in [0.05, 0.1) is 7.11 Å². The van der Waals surface area contributed by atoms with Gasteiger partial charge in [-0.05, 0) is 6.92 Å². The molecular weight excluding hydrogens is 132 g/mol. The summed E-state index contributed by atoms with van der Waals surface area (Å²) in [4.78, 5) is 15.4. The molecule has 0 aromatic carbocycles. The van der Waals surface area contributed by atoms with Crippen LogP contribution in [0.2, 0.25) is 0 Å². The highest BCUT2D eigenvalue weighted by atomic mass is 16.7. The van der Waals surface area contributed by atoms with Crippen LogP contribution in [0.4, 0.5) is 0 Å². The zero-order valence-electron chi connectivity index (χ0n) is 6.42. The van der Waals surface area contributed by atoms with Gasteiger partial charge in [0.25, 0.3) is 5.91 Å². The average molecular weight is 144 g/mol. The molecule has 0 aliphatic rings. The second kappa shape index (κ2) is 3.90. The lowest BCUT2D eigenvalue weighted by atomic mass is 10.4. The number of allylic oxidation sites excluding steroid dienone is 1. The first kappa shape index (κ1) is 8.97. The van der Waals surface area contributed by atoms with E-state index in [4.69, 9.17) is 5.73 Å². The highest BCUT2D eigenvalue weighted by Gasteiger charge is 2.01. The molecule has 0 aliphatic heterocycles. The molecule has 4 heteroatoms. The molecule has 2 N–H and O–H groups in total. The van der Waals surface area contributed by atoms with Crippen LogP contribution in [0.1, 0.15) is 6.92 Å². The van der Waals surface area contributed by atoms with Gasteiger partial charge in [-0.2, -0.15) is 0 Å². The zero-order valence-corrected chi connectivity index (χ0v) is 6.42. The van der Waals surface area contributed by atoms with Gasteiger partial charge in [-0.25, -0.2) is 5.06 Å². The van der Waals surface area contributed by atoms with Crippen molar-refractivity contribution in [2.45, 2.75) is 6.92 Å². The van der Waals surface area contributed by atoms with Gasteiger partial charge < -0.3 is 5.73 Å². The Labute approximate surface area is 60.2 Å². The number of hydrogen-bond donors (Lipinski definition) is 1. The summed E-state index contributed by atoms with van der Waals surface area (Å²) in [6, 6.07) is 0. The number of nitrogens with two attached hydrogens (primary N) is 1. The number of amides is 1. The maximum absolute atomic E-state index is 10.8. The molecular formula is C6H12N2O2. The first-order valence-corrected chi connectivity index (χ1v) is 2.83.